The number of hydrogen-bond donors (Lipinski definition) is 2. The fourth-order valence-electron chi connectivity index (χ4n) is 2.64. The molecule has 1 rings (SSSR count). The van der Waals surface area contributed by atoms with Crippen LogP contribution in [-0.2, 0) is 15.4 Å². The largest absolute Gasteiger partial charge is 0.357 e. The first-order chi connectivity index (χ1) is 12.3. The predicted molar refractivity (Wildman–Crippen MR) is 110 cm³/mol. The van der Waals surface area contributed by atoms with Gasteiger partial charge >= 0.3 is 0 Å². The molecule has 0 fully saturated rings. The first-order valence-corrected chi connectivity index (χ1v) is 10.9. The lowest BCUT2D eigenvalue weighted by Crippen LogP contribution is -2.42. The van der Waals surface area contributed by atoms with Crippen molar-refractivity contribution in [1.29, 1.82) is 0 Å². The Balaban J connectivity index is 2.69. The number of rotatable bonds is 10. The van der Waals surface area contributed by atoms with Crippen molar-refractivity contribution in [3.8, 4) is 0 Å². The first kappa shape index (κ1) is 22.4. The maximum Gasteiger partial charge on any atom is 0.215 e. The quantitative estimate of drug-likeness (QED) is 0.481. The van der Waals surface area contributed by atoms with Crippen LogP contribution in [0.2, 0.25) is 0 Å². The molecule has 0 aliphatic heterocycles. The van der Waals surface area contributed by atoms with Crippen molar-refractivity contribution in [3.05, 3.63) is 35.9 Å². The van der Waals surface area contributed by atoms with Gasteiger partial charge in [-0.3, -0.25) is 4.99 Å². The maximum absolute atomic E-state index is 12.3. The Morgan fingerprint density at radius 1 is 1.08 bits per heavy atom. The van der Waals surface area contributed by atoms with Gasteiger partial charge in [0.15, 0.2) is 5.96 Å². The van der Waals surface area contributed by atoms with E-state index in [1.165, 1.54) is 9.87 Å². The molecule has 26 heavy (non-hydrogen) atoms. The lowest BCUT2D eigenvalue weighted by Gasteiger charge is -2.24. The second kappa shape index (κ2) is 10.5. The highest BCUT2D eigenvalue weighted by molar-refractivity contribution is 7.89. The van der Waals surface area contributed by atoms with E-state index >= 15 is 0 Å². The zero-order valence-electron chi connectivity index (χ0n) is 16.7. The molecule has 7 heteroatoms. The van der Waals surface area contributed by atoms with Crippen LogP contribution in [0.4, 0.5) is 0 Å². The van der Waals surface area contributed by atoms with Crippen LogP contribution in [-0.4, -0.2) is 57.2 Å². The summed E-state index contributed by atoms with van der Waals surface area (Å²) in [4.78, 5) is 4.65. The predicted octanol–water partition coefficient (Wildman–Crippen LogP) is 2.19. The molecule has 0 unspecified atom stereocenters. The van der Waals surface area contributed by atoms with Crippen LogP contribution in [0.1, 0.15) is 40.2 Å². The van der Waals surface area contributed by atoms with Gasteiger partial charge in [0.25, 0.3) is 0 Å². The minimum absolute atomic E-state index is 0.0567. The van der Waals surface area contributed by atoms with Gasteiger partial charge in [-0.2, -0.15) is 0 Å². The van der Waals surface area contributed by atoms with E-state index in [0.29, 0.717) is 32.1 Å². The molecule has 2 N–H and O–H groups in total. The second-order valence-electron chi connectivity index (χ2n) is 6.77. The molecule has 0 amide bonds. The molecule has 1 aromatic carbocycles. The van der Waals surface area contributed by atoms with Crippen LogP contribution in [0.3, 0.4) is 0 Å². The van der Waals surface area contributed by atoms with Gasteiger partial charge in [0.1, 0.15) is 0 Å². The summed E-state index contributed by atoms with van der Waals surface area (Å²) >= 11 is 0. The number of aliphatic imine (C=N–C) groups is 1. The van der Waals surface area contributed by atoms with Crippen LogP contribution in [0, 0.1) is 0 Å². The van der Waals surface area contributed by atoms with Crippen molar-refractivity contribution in [2.45, 2.75) is 40.0 Å². The maximum atomic E-state index is 12.3. The van der Waals surface area contributed by atoms with Gasteiger partial charge in [-0.05, 0) is 12.5 Å². The van der Waals surface area contributed by atoms with Crippen LogP contribution < -0.4 is 10.6 Å². The molecule has 0 heterocycles. The van der Waals surface area contributed by atoms with Gasteiger partial charge in [0.2, 0.25) is 10.0 Å². The minimum atomic E-state index is -3.23. The molecule has 0 aliphatic rings. The minimum Gasteiger partial charge on any atom is -0.357 e. The molecule has 148 valence electrons. The second-order valence-corrected chi connectivity index (χ2v) is 8.86. The molecule has 0 aliphatic carbocycles. The SMILES string of the molecule is CCNC(=NCC(C)(C)c1ccccc1)NCCS(=O)(=O)N(CC)CC. The van der Waals surface area contributed by atoms with Gasteiger partial charge in [0, 0.05) is 31.6 Å². The Bertz CT molecular complexity index is 653. The summed E-state index contributed by atoms with van der Waals surface area (Å²) < 4.78 is 26.0. The van der Waals surface area contributed by atoms with E-state index in [2.05, 4.69) is 41.6 Å². The Hall–Kier alpha value is -1.60. The van der Waals surface area contributed by atoms with E-state index in [1.807, 2.05) is 39.0 Å². The smallest absolute Gasteiger partial charge is 0.215 e. The Labute approximate surface area is 159 Å². The zero-order valence-corrected chi connectivity index (χ0v) is 17.6. The van der Waals surface area contributed by atoms with Crippen molar-refractivity contribution >= 4 is 16.0 Å². The van der Waals surface area contributed by atoms with Crippen LogP contribution in [0.15, 0.2) is 35.3 Å². The third kappa shape index (κ3) is 6.96. The van der Waals surface area contributed by atoms with Crippen LogP contribution in [0.25, 0.3) is 0 Å². The Morgan fingerprint density at radius 2 is 1.69 bits per heavy atom. The lowest BCUT2D eigenvalue weighted by atomic mass is 9.85. The van der Waals surface area contributed by atoms with Crippen molar-refractivity contribution in [2.24, 2.45) is 4.99 Å². The average Bonchev–Trinajstić information content (AvgIpc) is 2.61. The summed E-state index contributed by atoms with van der Waals surface area (Å²) in [6.45, 7) is 12.7. The lowest BCUT2D eigenvalue weighted by molar-refractivity contribution is 0.445. The van der Waals surface area contributed by atoms with E-state index in [1.54, 1.807) is 0 Å². The third-order valence-corrected chi connectivity index (χ3v) is 6.31. The molecular formula is C19H34N4O2S. The third-order valence-electron chi connectivity index (χ3n) is 4.28. The molecule has 0 saturated carbocycles. The van der Waals surface area contributed by atoms with Gasteiger partial charge in [-0.25, -0.2) is 12.7 Å². The number of hydrogen-bond acceptors (Lipinski definition) is 3. The van der Waals surface area contributed by atoms with Gasteiger partial charge in [-0.1, -0.05) is 58.0 Å². The molecule has 0 radical (unpaired) electrons. The molecule has 0 spiro atoms. The number of guanidine groups is 1. The Morgan fingerprint density at radius 3 is 2.23 bits per heavy atom. The summed E-state index contributed by atoms with van der Waals surface area (Å²) in [5, 5.41) is 6.32. The number of benzene rings is 1. The van der Waals surface area contributed by atoms with Crippen molar-refractivity contribution in [2.75, 3.05) is 38.5 Å². The number of nitrogens with one attached hydrogen (secondary N) is 2. The van der Waals surface area contributed by atoms with Gasteiger partial charge < -0.3 is 10.6 Å². The normalized spacial score (nSPS) is 13.1. The summed E-state index contributed by atoms with van der Waals surface area (Å²) in [5.74, 6) is 0.701. The van der Waals surface area contributed by atoms with Gasteiger partial charge in [-0.15, -0.1) is 0 Å². The molecule has 0 bridgehead atoms. The van der Waals surface area contributed by atoms with E-state index in [-0.39, 0.29) is 11.2 Å². The van der Waals surface area contributed by atoms with E-state index < -0.39 is 10.0 Å². The highest BCUT2D eigenvalue weighted by Crippen LogP contribution is 2.22. The molecule has 0 atom stereocenters. The van der Waals surface area contributed by atoms with Gasteiger partial charge in [0.05, 0.1) is 12.3 Å². The van der Waals surface area contributed by atoms with E-state index in [0.717, 1.165) is 6.54 Å². The fraction of sp³-hybridized carbons (Fsp3) is 0.632. The average molecular weight is 383 g/mol. The number of sulfonamides is 1. The topological polar surface area (TPSA) is 73.8 Å². The van der Waals surface area contributed by atoms with Crippen molar-refractivity contribution in [1.82, 2.24) is 14.9 Å². The Kier molecular flexibility index (Phi) is 9.08. The molecule has 0 aromatic heterocycles. The summed E-state index contributed by atoms with van der Waals surface area (Å²) in [7, 11) is -3.23. The zero-order chi connectivity index (χ0) is 19.6. The highest BCUT2D eigenvalue weighted by atomic mass is 32.2. The van der Waals surface area contributed by atoms with Crippen molar-refractivity contribution < 1.29 is 8.42 Å². The molecular weight excluding hydrogens is 348 g/mol. The molecule has 1 aromatic rings. The summed E-state index contributed by atoms with van der Waals surface area (Å²) in [6, 6.07) is 10.3. The highest BCUT2D eigenvalue weighted by Gasteiger charge is 2.21. The molecule has 0 saturated heterocycles. The summed E-state index contributed by atoms with van der Waals surface area (Å²) in [6.07, 6.45) is 0. The van der Waals surface area contributed by atoms with E-state index in [9.17, 15) is 8.42 Å². The monoisotopic (exact) mass is 382 g/mol. The molecule has 6 nitrogen and oxygen atoms in total. The van der Waals surface area contributed by atoms with Crippen LogP contribution >= 0.6 is 0 Å². The number of nitrogens with zero attached hydrogens (tertiary/aromatic N) is 2. The standard InChI is InChI=1S/C19H34N4O2S/c1-6-20-18(21-14-15-26(24,25)23(7-2)8-3)22-16-19(4,5)17-12-10-9-11-13-17/h9-13H,6-8,14-16H2,1-5H3,(H2,20,21,22). The summed E-state index contributed by atoms with van der Waals surface area (Å²) in [5.41, 5.74) is 1.13. The van der Waals surface area contributed by atoms with E-state index in [4.69, 9.17) is 0 Å². The van der Waals surface area contributed by atoms with Crippen molar-refractivity contribution in [3.63, 3.8) is 0 Å². The van der Waals surface area contributed by atoms with Crippen LogP contribution in [0.5, 0.6) is 0 Å². The first-order valence-electron chi connectivity index (χ1n) is 9.32. The fourth-order valence-corrected chi connectivity index (χ4v) is 4.05.